The maximum Gasteiger partial charge on any atom is 0.389 e. The molecule has 7 heteroatoms. The zero-order chi connectivity index (χ0) is 14.5. The second kappa shape index (κ2) is 6.58. The number of rotatable bonds is 6. The minimum Gasteiger partial charge on any atom is -0.383 e. The Hall–Kier alpha value is -1.53. The first kappa shape index (κ1) is 15.5. The Bertz CT molecular complexity index is 418. The molecule has 19 heavy (non-hydrogen) atoms. The lowest BCUT2D eigenvalue weighted by atomic mass is 10.2. The molecular formula is C12H19F3N4. The fraction of sp³-hybridized carbons (Fsp3) is 0.667. The van der Waals surface area contributed by atoms with E-state index in [4.69, 9.17) is 5.73 Å². The first-order chi connectivity index (χ1) is 8.83. The van der Waals surface area contributed by atoms with Crippen molar-refractivity contribution in [3.8, 4) is 0 Å². The van der Waals surface area contributed by atoms with Gasteiger partial charge in [-0.2, -0.15) is 13.2 Å². The van der Waals surface area contributed by atoms with Gasteiger partial charge in [0.05, 0.1) is 0 Å². The van der Waals surface area contributed by atoms with E-state index in [1.807, 2.05) is 6.92 Å². The first-order valence-corrected chi connectivity index (χ1v) is 6.27. The highest BCUT2D eigenvalue weighted by atomic mass is 19.4. The van der Waals surface area contributed by atoms with Gasteiger partial charge in [0.2, 0.25) is 0 Å². The van der Waals surface area contributed by atoms with Gasteiger partial charge in [-0.15, -0.1) is 0 Å². The van der Waals surface area contributed by atoms with Crippen molar-refractivity contribution in [1.29, 1.82) is 0 Å². The van der Waals surface area contributed by atoms with Crippen LogP contribution in [0.2, 0.25) is 0 Å². The molecular weight excluding hydrogens is 257 g/mol. The van der Waals surface area contributed by atoms with Crippen LogP contribution in [0, 0.1) is 6.92 Å². The van der Waals surface area contributed by atoms with Crippen molar-refractivity contribution in [3.05, 3.63) is 11.4 Å². The third kappa shape index (κ3) is 5.32. The molecule has 0 unspecified atom stereocenters. The maximum absolute atomic E-state index is 12.0. The average Bonchev–Trinajstić information content (AvgIpc) is 2.32. The van der Waals surface area contributed by atoms with Crippen LogP contribution < -0.4 is 11.1 Å². The molecule has 1 rings (SSSR count). The maximum atomic E-state index is 12.0. The van der Waals surface area contributed by atoms with Gasteiger partial charge in [0.25, 0.3) is 0 Å². The van der Waals surface area contributed by atoms with Gasteiger partial charge < -0.3 is 11.1 Å². The smallest absolute Gasteiger partial charge is 0.383 e. The quantitative estimate of drug-likeness (QED) is 0.784. The van der Waals surface area contributed by atoms with E-state index < -0.39 is 12.6 Å². The van der Waals surface area contributed by atoms with Crippen LogP contribution in [0.15, 0.2) is 0 Å². The van der Waals surface area contributed by atoms with Gasteiger partial charge in [0, 0.05) is 24.9 Å². The molecule has 108 valence electrons. The normalized spacial score (nSPS) is 11.6. The Morgan fingerprint density at radius 2 is 1.89 bits per heavy atom. The van der Waals surface area contributed by atoms with Crippen LogP contribution in [0.25, 0.3) is 0 Å². The van der Waals surface area contributed by atoms with E-state index in [2.05, 4.69) is 15.3 Å². The molecule has 0 bridgehead atoms. The molecule has 0 saturated carbocycles. The summed E-state index contributed by atoms with van der Waals surface area (Å²) in [6.07, 6.45) is -3.63. The number of unbranched alkanes of at least 4 members (excludes halogenated alkanes) is 1. The van der Waals surface area contributed by atoms with Crippen LogP contribution in [0.4, 0.5) is 24.8 Å². The number of aryl methyl sites for hydroxylation is 1. The summed E-state index contributed by atoms with van der Waals surface area (Å²) >= 11 is 0. The summed E-state index contributed by atoms with van der Waals surface area (Å²) < 4.78 is 35.9. The Kier molecular flexibility index (Phi) is 5.38. The van der Waals surface area contributed by atoms with Crippen LogP contribution in [-0.4, -0.2) is 22.7 Å². The number of nitrogens with zero attached hydrogens (tertiary/aromatic N) is 2. The molecule has 1 aromatic rings. The molecule has 3 N–H and O–H groups in total. The van der Waals surface area contributed by atoms with Crippen molar-refractivity contribution in [3.63, 3.8) is 0 Å². The molecule has 1 heterocycles. The van der Waals surface area contributed by atoms with E-state index in [0.717, 1.165) is 5.56 Å². The molecule has 0 aromatic carbocycles. The van der Waals surface area contributed by atoms with Crippen molar-refractivity contribution in [2.75, 3.05) is 17.6 Å². The molecule has 0 aliphatic carbocycles. The predicted octanol–water partition coefficient (Wildman–Crippen LogP) is 3.07. The lowest BCUT2D eigenvalue weighted by Crippen LogP contribution is -2.12. The summed E-state index contributed by atoms with van der Waals surface area (Å²) in [6, 6.07) is 0. The number of hydrogen-bond acceptors (Lipinski definition) is 4. The fourth-order valence-corrected chi connectivity index (χ4v) is 1.57. The fourth-order valence-electron chi connectivity index (χ4n) is 1.57. The van der Waals surface area contributed by atoms with Gasteiger partial charge in [0.1, 0.15) is 17.5 Å². The van der Waals surface area contributed by atoms with Crippen molar-refractivity contribution in [2.45, 2.75) is 45.7 Å². The molecule has 0 saturated heterocycles. The third-order valence-corrected chi connectivity index (χ3v) is 2.73. The van der Waals surface area contributed by atoms with E-state index in [1.165, 1.54) is 0 Å². The van der Waals surface area contributed by atoms with Gasteiger partial charge in [-0.1, -0.05) is 6.92 Å². The number of alkyl halides is 3. The Balaban J connectivity index is 2.47. The number of nitrogens with two attached hydrogens (primary N) is 1. The SMILES string of the molecule is CCc1nc(N)c(C)c(NCCCCC(F)(F)F)n1. The molecule has 1 aromatic heterocycles. The summed E-state index contributed by atoms with van der Waals surface area (Å²) in [4.78, 5) is 8.38. The Labute approximate surface area is 110 Å². The van der Waals surface area contributed by atoms with Gasteiger partial charge in [-0.3, -0.25) is 0 Å². The van der Waals surface area contributed by atoms with Crippen LogP contribution in [0.5, 0.6) is 0 Å². The van der Waals surface area contributed by atoms with E-state index in [-0.39, 0.29) is 6.42 Å². The highest BCUT2D eigenvalue weighted by molar-refractivity contribution is 5.54. The number of nitrogen functional groups attached to an aromatic ring is 1. The number of aromatic nitrogens is 2. The first-order valence-electron chi connectivity index (χ1n) is 6.27. The summed E-state index contributed by atoms with van der Waals surface area (Å²) in [5.74, 6) is 1.64. The average molecular weight is 276 g/mol. The van der Waals surface area contributed by atoms with Gasteiger partial charge >= 0.3 is 6.18 Å². The molecule has 0 aliphatic rings. The Morgan fingerprint density at radius 1 is 1.21 bits per heavy atom. The van der Waals surface area contributed by atoms with Gasteiger partial charge in [0.15, 0.2) is 0 Å². The molecule has 0 fully saturated rings. The van der Waals surface area contributed by atoms with E-state index in [0.29, 0.717) is 36.8 Å². The van der Waals surface area contributed by atoms with Crippen LogP contribution in [-0.2, 0) is 6.42 Å². The summed E-state index contributed by atoms with van der Waals surface area (Å²) in [5, 5.41) is 3.02. The third-order valence-electron chi connectivity index (χ3n) is 2.73. The molecule has 4 nitrogen and oxygen atoms in total. The number of anilines is 2. The summed E-state index contributed by atoms with van der Waals surface area (Å²) in [7, 11) is 0. The minimum absolute atomic E-state index is 0.108. The van der Waals surface area contributed by atoms with E-state index in [9.17, 15) is 13.2 Å². The monoisotopic (exact) mass is 276 g/mol. The second-order valence-electron chi connectivity index (χ2n) is 4.35. The van der Waals surface area contributed by atoms with Crippen molar-refractivity contribution in [2.24, 2.45) is 0 Å². The lowest BCUT2D eigenvalue weighted by molar-refractivity contribution is -0.135. The second-order valence-corrected chi connectivity index (χ2v) is 4.35. The predicted molar refractivity (Wildman–Crippen MR) is 69.0 cm³/mol. The van der Waals surface area contributed by atoms with Gasteiger partial charge in [-0.25, -0.2) is 9.97 Å². The molecule has 0 atom stereocenters. The summed E-state index contributed by atoms with van der Waals surface area (Å²) in [6.45, 7) is 4.14. The summed E-state index contributed by atoms with van der Waals surface area (Å²) in [5.41, 5.74) is 6.47. The number of halogens is 3. The van der Waals surface area contributed by atoms with Crippen LogP contribution >= 0.6 is 0 Å². The van der Waals surface area contributed by atoms with Gasteiger partial charge in [-0.05, 0) is 19.8 Å². The van der Waals surface area contributed by atoms with Crippen molar-refractivity contribution < 1.29 is 13.2 Å². The van der Waals surface area contributed by atoms with Crippen LogP contribution in [0.1, 0.15) is 37.6 Å². The topological polar surface area (TPSA) is 63.8 Å². The molecule has 0 radical (unpaired) electrons. The van der Waals surface area contributed by atoms with E-state index >= 15 is 0 Å². The minimum atomic E-state index is -4.08. The molecule has 0 spiro atoms. The molecule has 0 amide bonds. The largest absolute Gasteiger partial charge is 0.389 e. The zero-order valence-corrected chi connectivity index (χ0v) is 11.1. The Morgan fingerprint density at radius 3 is 2.47 bits per heavy atom. The van der Waals surface area contributed by atoms with Crippen molar-refractivity contribution in [1.82, 2.24) is 9.97 Å². The highest BCUT2D eigenvalue weighted by Gasteiger charge is 2.25. The number of hydrogen-bond donors (Lipinski definition) is 2. The van der Waals surface area contributed by atoms with Crippen LogP contribution in [0.3, 0.4) is 0 Å². The highest BCUT2D eigenvalue weighted by Crippen LogP contribution is 2.22. The molecule has 0 aliphatic heterocycles. The lowest BCUT2D eigenvalue weighted by Gasteiger charge is -2.11. The van der Waals surface area contributed by atoms with E-state index in [1.54, 1.807) is 6.92 Å². The zero-order valence-electron chi connectivity index (χ0n) is 11.1. The number of nitrogens with one attached hydrogen (secondary N) is 1. The standard InChI is InChI=1S/C12H19F3N4/c1-3-9-18-10(16)8(2)11(19-9)17-7-5-4-6-12(13,14)15/h3-7H2,1-2H3,(H3,16,17,18,19). The van der Waals surface area contributed by atoms with Crippen molar-refractivity contribution >= 4 is 11.6 Å².